The molecule has 0 spiro atoms. The van der Waals surface area contributed by atoms with Crippen molar-refractivity contribution in [2.45, 2.75) is 26.3 Å². The molecular formula is C17H19N3O2. The molecular weight excluding hydrogens is 278 g/mol. The largest absolute Gasteiger partial charge is 0.347 e. The lowest BCUT2D eigenvalue weighted by molar-refractivity contribution is 0.0918. The number of nitrogens with one attached hydrogen (secondary N) is 2. The SMILES string of the molecule is CC(C)(C)NC(=O)c1cccc(NC(=O)c2ccccn2)c1. The minimum Gasteiger partial charge on any atom is -0.347 e. The Morgan fingerprint density at radius 2 is 1.77 bits per heavy atom. The molecule has 1 aromatic heterocycles. The highest BCUT2D eigenvalue weighted by atomic mass is 16.2. The monoisotopic (exact) mass is 297 g/mol. The Hall–Kier alpha value is -2.69. The molecule has 1 aromatic carbocycles. The maximum absolute atomic E-state index is 12.1. The molecule has 0 atom stereocenters. The van der Waals surface area contributed by atoms with Crippen molar-refractivity contribution in [3.63, 3.8) is 0 Å². The van der Waals surface area contributed by atoms with Crippen LogP contribution in [0, 0.1) is 0 Å². The average Bonchev–Trinajstić information content (AvgIpc) is 2.46. The van der Waals surface area contributed by atoms with Gasteiger partial charge in [0.1, 0.15) is 5.69 Å². The highest BCUT2D eigenvalue weighted by Gasteiger charge is 2.16. The van der Waals surface area contributed by atoms with Crippen LogP contribution in [0.5, 0.6) is 0 Å². The van der Waals surface area contributed by atoms with E-state index in [1.54, 1.807) is 48.7 Å². The summed E-state index contributed by atoms with van der Waals surface area (Å²) in [5, 5.41) is 5.62. The summed E-state index contributed by atoms with van der Waals surface area (Å²) in [6.45, 7) is 5.74. The fourth-order valence-corrected chi connectivity index (χ4v) is 1.84. The van der Waals surface area contributed by atoms with E-state index in [0.29, 0.717) is 16.9 Å². The lowest BCUT2D eigenvalue weighted by Gasteiger charge is -2.20. The van der Waals surface area contributed by atoms with Crippen molar-refractivity contribution in [3.8, 4) is 0 Å². The van der Waals surface area contributed by atoms with E-state index < -0.39 is 0 Å². The predicted molar refractivity (Wildman–Crippen MR) is 85.9 cm³/mol. The van der Waals surface area contributed by atoms with Crippen LogP contribution in [-0.2, 0) is 0 Å². The van der Waals surface area contributed by atoms with E-state index >= 15 is 0 Å². The summed E-state index contributed by atoms with van der Waals surface area (Å²) in [6.07, 6.45) is 1.56. The zero-order valence-corrected chi connectivity index (χ0v) is 12.9. The Balaban J connectivity index is 2.12. The third kappa shape index (κ3) is 4.41. The molecule has 0 bridgehead atoms. The smallest absolute Gasteiger partial charge is 0.274 e. The van der Waals surface area contributed by atoms with Gasteiger partial charge in [-0.25, -0.2) is 0 Å². The number of amides is 2. The van der Waals surface area contributed by atoms with Gasteiger partial charge in [-0.3, -0.25) is 14.6 Å². The highest BCUT2D eigenvalue weighted by molar-refractivity contribution is 6.03. The molecule has 0 unspecified atom stereocenters. The fourth-order valence-electron chi connectivity index (χ4n) is 1.84. The Morgan fingerprint density at radius 3 is 2.41 bits per heavy atom. The van der Waals surface area contributed by atoms with E-state index in [4.69, 9.17) is 0 Å². The van der Waals surface area contributed by atoms with Crippen molar-refractivity contribution in [1.29, 1.82) is 0 Å². The summed E-state index contributed by atoms with van der Waals surface area (Å²) in [5.41, 5.74) is 1.06. The summed E-state index contributed by atoms with van der Waals surface area (Å²) >= 11 is 0. The van der Waals surface area contributed by atoms with Crippen molar-refractivity contribution in [1.82, 2.24) is 10.3 Å². The molecule has 2 amide bonds. The second-order valence-electron chi connectivity index (χ2n) is 5.95. The van der Waals surface area contributed by atoms with Crippen molar-refractivity contribution >= 4 is 17.5 Å². The summed E-state index contributed by atoms with van der Waals surface area (Å²) in [7, 11) is 0. The molecule has 0 aliphatic rings. The Labute approximate surface area is 129 Å². The van der Waals surface area contributed by atoms with Gasteiger partial charge in [-0.1, -0.05) is 12.1 Å². The molecule has 2 N–H and O–H groups in total. The van der Waals surface area contributed by atoms with Gasteiger partial charge < -0.3 is 10.6 Å². The first-order valence-electron chi connectivity index (χ1n) is 7.00. The van der Waals surface area contributed by atoms with Crippen LogP contribution in [-0.4, -0.2) is 22.3 Å². The lowest BCUT2D eigenvalue weighted by Crippen LogP contribution is -2.40. The zero-order valence-electron chi connectivity index (χ0n) is 12.9. The van der Waals surface area contributed by atoms with E-state index in [2.05, 4.69) is 15.6 Å². The number of aromatic nitrogens is 1. The molecule has 1 heterocycles. The summed E-state index contributed by atoms with van der Waals surface area (Å²) in [6, 6.07) is 11.9. The number of nitrogens with zero attached hydrogens (tertiary/aromatic N) is 1. The normalized spacial score (nSPS) is 10.9. The first-order chi connectivity index (χ1) is 10.3. The zero-order chi connectivity index (χ0) is 16.2. The number of anilines is 1. The summed E-state index contributed by atoms with van der Waals surface area (Å²) < 4.78 is 0. The van der Waals surface area contributed by atoms with Crippen LogP contribution in [0.2, 0.25) is 0 Å². The van der Waals surface area contributed by atoms with Crippen molar-refractivity contribution in [2.75, 3.05) is 5.32 Å². The van der Waals surface area contributed by atoms with Crippen molar-refractivity contribution in [2.24, 2.45) is 0 Å². The third-order valence-electron chi connectivity index (χ3n) is 2.77. The molecule has 0 aliphatic carbocycles. The van der Waals surface area contributed by atoms with E-state index in [0.717, 1.165) is 0 Å². The number of benzene rings is 1. The quantitative estimate of drug-likeness (QED) is 0.915. The Morgan fingerprint density at radius 1 is 1.00 bits per heavy atom. The van der Waals surface area contributed by atoms with Crippen molar-refractivity contribution in [3.05, 3.63) is 59.9 Å². The van der Waals surface area contributed by atoms with Gasteiger partial charge in [-0.2, -0.15) is 0 Å². The molecule has 2 aromatic rings. The molecule has 0 aliphatic heterocycles. The fraction of sp³-hybridized carbons (Fsp3) is 0.235. The first-order valence-corrected chi connectivity index (χ1v) is 7.00. The molecule has 5 nitrogen and oxygen atoms in total. The van der Waals surface area contributed by atoms with E-state index in [9.17, 15) is 9.59 Å². The van der Waals surface area contributed by atoms with Crippen molar-refractivity contribution < 1.29 is 9.59 Å². The van der Waals surface area contributed by atoms with Gasteiger partial charge in [0.05, 0.1) is 0 Å². The average molecular weight is 297 g/mol. The minimum atomic E-state index is -0.315. The van der Waals surface area contributed by atoms with Crippen LogP contribution in [0.15, 0.2) is 48.7 Å². The molecule has 114 valence electrons. The maximum Gasteiger partial charge on any atom is 0.274 e. The van der Waals surface area contributed by atoms with Gasteiger partial charge in [-0.15, -0.1) is 0 Å². The molecule has 22 heavy (non-hydrogen) atoms. The Kier molecular flexibility index (Phi) is 4.56. The molecule has 0 fully saturated rings. The minimum absolute atomic E-state index is 0.179. The van der Waals surface area contributed by atoms with Crippen LogP contribution >= 0.6 is 0 Å². The second-order valence-corrected chi connectivity index (χ2v) is 5.95. The van der Waals surface area contributed by atoms with Crippen LogP contribution in [0.1, 0.15) is 41.6 Å². The maximum atomic E-state index is 12.1. The number of hydrogen-bond donors (Lipinski definition) is 2. The van der Waals surface area contributed by atoms with Gasteiger partial charge >= 0.3 is 0 Å². The lowest BCUT2D eigenvalue weighted by atomic mass is 10.1. The van der Waals surface area contributed by atoms with Gasteiger partial charge in [-0.05, 0) is 51.1 Å². The third-order valence-corrected chi connectivity index (χ3v) is 2.77. The van der Waals surface area contributed by atoms with Crippen LogP contribution < -0.4 is 10.6 Å². The summed E-state index contributed by atoms with van der Waals surface area (Å²) in [5.74, 6) is -0.490. The highest BCUT2D eigenvalue weighted by Crippen LogP contribution is 2.13. The topological polar surface area (TPSA) is 71.1 Å². The predicted octanol–water partition coefficient (Wildman–Crippen LogP) is 2.86. The summed E-state index contributed by atoms with van der Waals surface area (Å²) in [4.78, 5) is 28.2. The molecule has 0 saturated heterocycles. The van der Waals surface area contributed by atoms with Gasteiger partial charge in [0.25, 0.3) is 11.8 Å². The molecule has 0 radical (unpaired) electrons. The van der Waals surface area contributed by atoms with Gasteiger partial charge in [0.2, 0.25) is 0 Å². The number of hydrogen-bond acceptors (Lipinski definition) is 3. The van der Waals surface area contributed by atoms with Gasteiger partial charge in [0, 0.05) is 23.0 Å². The van der Waals surface area contributed by atoms with E-state index in [1.807, 2.05) is 20.8 Å². The van der Waals surface area contributed by atoms with E-state index in [1.165, 1.54) is 0 Å². The number of pyridine rings is 1. The van der Waals surface area contributed by atoms with Crippen LogP contribution in [0.25, 0.3) is 0 Å². The number of carbonyl (C=O) groups is 2. The van der Waals surface area contributed by atoms with Crippen LogP contribution in [0.3, 0.4) is 0 Å². The molecule has 0 saturated carbocycles. The van der Waals surface area contributed by atoms with Crippen LogP contribution in [0.4, 0.5) is 5.69 Å². The van der Waals surface area contributed by atoms with Gasteiger partial charge in [0.15, 0.2) is 0 Å². The molecule has 2 rings (SSSR count). The Bertz CT molecular complexity index is 676. The number of rotatable bonds is 3. The standard InChI is InChI=1S/C17H19N3O2/c1-17(2,3)20-15(21)12-7-6-8-13(11-12)19-16(22)14-9-4-5-10-18-14/h4-11H,1-3H3,(H,19,22)(H,20,21). The first kappa shape index (κ1) is 15.7. The number of carbonyl (C=O) groups excluding carboxylic acids is 2. The second kappa shape index (κ2) is 6.39. The van der Waals surface area contributed by atoms with E-state index in [-0.39, 0.29) is 17.4 Å². The molecule has 5 heteroatoms.